The van der Waals surface area contributed by atoms with Gasteiger partial charge in [0.05, 0.1) is 11.3 Å². The van der Waals surface area contributed by atoms with Gasteiger partial charge in [-0.3, -0.25) is 4.79 Å². The molecular formula is C20H24N4O. The van der Waals surface area contributed by atoms with Crippen LogP contribution in [0.4, 0.5) is 0 Å². The van der Waals surface area contributed by atoms with E-state index in [1.54, 1.807) is 6.20 Å². The monoisotopic (exact) mass is 336 g/mol. The molecule has 0 aliphatic carbocycles. The molecule has 3 aromatic rings. The van der Waals surface area contributed by atoms with E-state index in [9.17, 15) is 4.79 Å². The predicted molar refractivity (Wildman–Crippen MR) is 99.8 cm³/mol. The van der Waals surface area contributed by atoms with Crippen molar-refractivity contribution in [2.45, 2.75) is 47.1 Å². The maximum absolute atomic E-state index is 12.5. The molecule has 0 radical (unpaired) electrons. The van der Waals surface area contributed by atoms with Gasteiger partial charge in [-0.15, -0.1) is 0 Å². The standard InChI is InChI=1S/C20H24N4O/c1-11(2)19-21-10-17(14(5)24-19)20(25)22-9-15-6-7-18-16(8-15)12(3)13(4)23-18/h6-8,10-11,23H,9H2,1-5H3,(H,22,25). The smallest absolute Gasteiger partial charge is 0.254 e. The van der Waals surface area contributed by atoms with Crippen LogP contribution in [0.15, 0.2) is 24.4 Å². The van der Waals surface area contributed by atoms with Gasteiger partial charge < -0.3 is 10.3 Å². The Hall–Kier alpha value is -2.69. The second-order valence-corrected chi connectivity index (χ2v) is 6.82. The van der Waals surface area contributed by atoms with Crippen molar-refractivity contribution in [3.63, 3.8) is 0 Å². The van der Waals surface area contributed by atoms with Crippen molar-refractivity contribution in [2.75, 3.05) is 0 Å². The van der Waals surface area contributed by atoms with Gasteiger partial charge in [0, 0.05) is 35.3 Å². The van der Waals surface area contributed by atoms with Gasteiger partial charge in [0.25, 0.3) is 5.91 Å². The summed E-state index contributed by atoms with van der Waals surface area (Å²) in [6, 6.07) is 6.21. The minimum absolute atomic E-state index is 0.144. The molecule has 3 rings (SSSR count). The van der Waals surface area contributed by atoms with Gasteiger partial charge in [0.2, 0.25) is 0 Å². The van der Waals surface area contributed by atoms with Crippen LogP contribution in [-0.4, -0.2) is 20.9 Å². The number of carbonyl (C=O) groups is 1. The highest BCUT2D eigenvalue weighted by atomic mass is 16.1. The molecule has 25 heavy (non-hydrogen) atoms. The summed E-state index contributed by atoms with van der Waals surface area (Å²) in [5.74, 6) is 0.864. The number of nitrogens with zero attached hydrogens (tertiary/aromatic N) is 2. The molecule has 0 aliphatic rings. The molecule has 0 saturated carbocycles. The normalized spacial score (nSPS) is 11.3. The lowest BCUT2D eigenvalue weighted by Crippen LogP contribution is -2.24. The largest absolute Gasteiger partial charge is 0.358 e. The molecule has 0 aliphatic heterocycles. The first-order chi connectivity index (χ1) is 11.9. The third-order valence-corrected chi connectivity index (χ3v) is 4.58. The van der Waals surface area contributed by atoms with E-state index in [1.807, 2.05) is 26.8 Å². The fraction of sp³-hybridized carbons (Fsp3) is 0.350. The molecule has 1 amide bonds. The van der Waals surface area contributed by atoms with Crippen molar-refractivity contribution in [1.82, 2.24) is 20.3 Å². The zero-order valence-corrected chi connectivity index (χ0v) is 15.4. The number of fused-ring (bicyclic) bond motifs is 1. The number of H-pyrrole nitrogens is 1. The molecule has 5 heteroatoms. The lowest BCUT2D eigenvalue weighted by atomic mass is 10.1. The Balaban J connectivity index is 1.75. The summed E-state index contributed by atoms with van der Waals surface area (Å²) < 4.78 is 0. The van der Waals surface area contributed by atoms with Crippen LogP contribution in [0.3, 0.4) is 0 Å². The summed E-state index contributed by atoms with van der Waals surface area (Å²) in [6.45, 7) is 10.6. The third-order valence-electron chi connectivity index (χ3n) is 4.58. The molecule has 5 nitrogen and oxygen atoms in total. The first-order valence-corrected chi connectivity index (χ1v) is 8.56. The maximum Gasteiger partial charge on any atom is 0.254 e. The number of aromatic nitrogens is 3. The van der Waals surface area contributed by atoms with Crippen LogP contribution in [-0.2, 0) is 6.54 Å². The highest BCUT2D eigenvalue weighted by Gasteiger charge is 2.13. The van der Waals surface area contributed by atoms with Crippen LogP contribution in [0.25, 0.3) is 10.9 Å². The quantitative estimate of drug-likeness (QED) is 0.758. The first-order valence-electron chi connectivity index (χ1n) is 8.56. The molecule has 0 bridgehead atoms. The fourth-order valence-electron chi connectivity index (χ4n) is 2.88. The van der Waals surface area contributed by atoms with E-state index < -0.39 is 0 Å². The SMILES string of the molecule is Cc1nc(C(C)C)ncc1C(=O)NCc1ccc2[nH]c(C)c(C)c2c1. The van der Waals surface area contributed by atoms with Crippen LogP contribution in [0.1, 0.15) is 58.5 Å². The minimum Gasteiger partial charge on any atom is -0.358 e. The summed E-state index contributed by atoms with van der Waals surface area (Å²) in [6.07, 6.45) is 1.62. The number of benzene rings is 1. The van der Waals surface area contributed by atoms with Crippen molar-refractivity contribution >= 4 is 16.8 Å². The zero-order chi connectivity index (χ0) is 18.1. The molecule has 0 spiro atoms. The Bertz CT molecular complexity index is 940. The van der Waals surface area contributed by atoms with Gasteiger partial charge in [0.1, 0.15) is 5.82 Å². The van der Waals surface area contributed by atoms with Gasteiger partial charge in [-0.1, -0.05) is 19.9 Å². The summed E-state index contributed by atoms with van der Waals surface area (Å²) in [4.78, 5) is 24.5. The average Bonchev–Trinajstić information content (AvgIpc) is 2.86. The van der Waals surface area contributed by atoms with Crippen molar-refractivity contribution in [2.24, 2.45) is 0 Å². The second kappa shape index (κ2) is 6.67. The molecule has 1 aromatic carbocycles. The van der Waals surface area contributed by atoms with E-state index in [2.05, 4.69) is 46.2 Å². The first kappa shape index (κ1) is 17.1. The van der Waals surface area contributed by atoms with E-state index in [0.29, 0.717) is 17.8 Å². The summed E-state index contributed by atoms with van der Waals surface area (Å²) in [7, 11) is 0. The van der Waals surface area contributed by atoms with Gasteiger partial charge in [-0.2, -0.15) is 0 Å². The molecule has 0 fully saturated rings. The number of nitrogens with one attached hydrogen (secondary N) is 2. The number of aromatic amines is 1. The van der Waals surface area contributed by atoms with Crippen molar-refractivity contribution in [3.05, 3.63) is 58.3 Å². The lowest BCUT2D eigenvalue weighted by molar-refractivity contribution is 0.0949. The third kappa shape index (κ3) is 3.40. The summed E-state index contributed by atoms with van der Waals surface area (Å²) in [5.41, 5.74) is 5.85. The fourth-order valence-corrected chi connectivity index (χ4v) is 2.88. The van der Waals surface area contributed by atoms with E-state index in [4.69, 9.17) is 0 Å². The topological polar surface area (TPSA) is 70.7 Å². The summed E-state index contributed by atoms with van der Waals surface area (Å²) >= 11 is 0. The van der Waals surface area contributed by atoms with Gasteiger partial charge in [-0.25, -0.2) is 9.97 Å². The maximum atomic E-state index is 12.5. The highest BCUT2D eigenvalue weighted by molar-refractivity contribution is 5.95. The Labute approximate surface area is 147 Å². The van der Waals surface area contributed by atoms with Crippen LogP contribution in [0.2, 0.25) is 0 Å². The number of aryl methyl sites for hydroxylation is 3. The number of carbonyl (C=O) groups excluding carboxylic acids is 1. The van der Waals surface area contributed by atoms with Gasteiger partial charge in [0.15, 0.2) is 0 Å². The Kier molecular flexibility index (Phi) is 4.57. The lowest BCUT2D eigenvalue weighted by Gasteiger charge is -2.10. The van der Waals surface area contributed by atoms with Crippen LogP contribution < -0.4 is 5.32 Å². The van der Waals surface area contributed by atoms with Gasteiger partial charge >= 0.3 is 0 Å². The molecule has 2 heterocycles. The van der Waals surface area contributed by atoms with E-state index in [-0.39, 0.29) is 11.8 Å². The van der Waals surface area contributed by atoms with Crippen molar-refractivity contribution in [1.29, 1.82) is 0 Å². The number of amides is 1. The Morgan fingerprint density at radius 2 is 2.00 bits per heavy atom. The molecule has 0 atom stereocenters. The van der Waals surface area contributed by atoms with Crippen molar-refractivity contribution in [3.8, 4) is 0 Å². The Morgan fingerprint density at radius 3 is 2.68 bits per heavy atom. The molecule has 2 N–H and O–H groups in total. The van der Waals surface area contributed by atoms with Gasteiger partial charge in [-0.05, 0) is 44.0 Å². The molecular weight excluding hydrogens is 312 g/mol. The zero-order valence-electron chi connectivity index (χ0n) is 15.4. The molecule has 0 unspecified atom stereocenters. The van der Waals surface area contributed by atoms with E-state index in [1.165, 1.54) is 16.6 Å². The molecule has 2 aromatic heterocycles. The second-order valence-electron chi connectivity index (χ2n) is 6.82. The average molecular weight is 336 g/mol. The van der Waals surface area contributed by atoms with E-state index >= 15 is 0 Å². The summed E-state index contributed by atoms with van der Waals surface area (Å²) in [5, 5.41) is 4.17. The molecule has 130 valence electrons. The van der Waals surface area contributed by atoms with Crippen LogP contribution in [0, 0.1) is 20.8 Å². The predicted octanol–water partition coefficient (Wildman–Crippen LogP) is 3.94. The Morgan fingerprint density at radius 1 is 1.24 bits per heavy atom. The van der Waals surface area contributed by atoms with Crippen molar-refractivity contribution < 1.29 is 4.79 Å². The van der Waals surface area contributed by atoms with Crippen LogP contribution in [0.5, 0.6) is 0 Å². The highest BCUT2D eigenvalue weighted by Crippen LogP contribution is 2.22. The number of rotatable bonds is 4. The number of hydrogen-bond donors (Lipinski definition) is 2. The molecule has 0 saturated heterocycles. The number of hydrogen-bond acceptors (Lipinski definition) is 3. The minimum atomic E-state index is -0.144. The van der Waals surface area contributed by atoms with E-state index in [0.717, 1.165) is 16.9 Å². The van der Waals surface area contributed by atoms with Crippen LogP contribution >= 0.6 is 0 Å².